The van der Waals surface area contributed by atoms with Crippen LogP contribution in [-0.4, -0.2) is 31.7 Å². The molecule has 0 saturated carbocycles. The minimum absolute atomic E-state index is 0.0604. The highest BCUT2D eigenvalue weighted by Crippen LogP contribution is 2.31. The summed E-state index contributed by atoms with van der Waals surface area (Å²) in [6, 6.07) is 5.92. The van der Waals surface area contributed by atoms with Gasteiger partial charge in [0, 0.05) is 19.8 Å². The van der Waals surface area contributed by atoms with Gasteiger partial charge in [0.25, 0.3) is 5.56 Å². The molecule has 0 amide bonds. The van der Waals surface area contributed by atoms with Crippen LogP contribution >= 0.6 is 11.3 Å². The molecule has 1 aliphatic rings. The van der Waals surface area contributed by atoms with Crippen LogP contribution in [0.5, 0.6) is 0 Å². The Balaban J connectivity index is 2.00. The van der Waals surface area contributed by atoms with Crippen molar-refractivity contribution in [1.82, 2.24) is 4.57 Å². The van der Waals surface area contributed by atoms with Crippen molar-refractivity contribution in [3.8, 4) is 0 Å². The second-order valence-electron chi connectivity index (χ2n) is 8.04. The van der Waals surface area contributed by atoms with Gasteiger partial charge in [0.2, 0.25) is 5.82 Å². The molecule has 2 aromatic carbocycles. The molecule has 0 spiro atoms. The Kier molecular flexibility index (Phi) is 6.56. The van der Waals surface area contributed by atoms with Gasteiger partial charge in [-0.2, -0.15) is 0 Å². The van der Waals surface area contributed by atoms with Crippen LogP contribution in [0, 0.1) is 29.1 Å². The first-order chi connectivity index (χ1) is 17.0. The number of allylic oxidation sites excluding steroid dienone is 1. The molecule has 36 heavy (non-hydrogen) atoms. The Labute approximate surface area is 204 Å². The van der Waals surface area contributed by atoms with Crippen LogP contribution in [0.3, 0.4) is 0 Å². The molecule has 0 bridgehead atoms. The van der Waals surface area contributed by atoms with Crippen molar-refractivity contribution in [1.29, 1.82) is 0 Å². The van der Waals surface area contributed by atoms with Crippen molar-refractivity contribution in [2.45, 2.75) is 13.0 Å². The normalized spacial score (nSPS) is 15.6. The van der Waals surface area contributed by atoms with Crippen molar-refractivity contribution in [2.75, 3.05) is 26.1 Å². The predicted octanol–water partition coefficient (Wildman–Crippen LogP) is 3.17. The number of halogens is 5. The van der Waals surface area contributed by atoms with E-state index in [2.05, 4.69) is 4.99 Å². The lowest BCUT2D eigenvalue weighted by molar-refractivity contribution is -0.136. The fraction of sp³-hybridized carbons (Fsp3) is 0.208. The van der Waals surface area contributed by atoms with Crippen LogP contribution in [-0.2, 0) is 9.53 Å². The number of anilines is 1. The topological polar surface area (TPSA) is 63.9 Å². The maximum absolute atomic E-state index is 14.3. The average molecular weight is 523 g/mol. The van der Waals surface area contributed by atoms with Gasteiger partial charge in [-0.25, -0.2) is 31.7 Å². The van der Waals surface area contributed by atoms with E-state index in [0.29, 0.717) is 23.0 Å². The first-order valence-corrected chi connectivity index (χ1v) is 11.2. The molecule has 6 nitrogen and oxygen atoms in total. The number of ether oxygens (including phenoxy) is 1. The van der Waals surface area contributed by atoms with Gasteiger partial charge in [0.05, 0.1) is 34.5 Å². The van der Waals surface area contributed by atoms with E-state index in [4.69, 9.17) is 4.74 Å². The van der Waals surface area contributed by atoms with Crippen LogP contribution in [0.15, 0.2) is 45.3 Å². The van der Waals surface area contributed by atoms with Gasteiger partial charge in [-0.1, -0.05) is 23.5 Å². The number of carbonyl (C=O) groups is 1. The number of benzene rings is 2. The summed E-state index contributed by atoms with van der Waals surface area (Å²) < 4.78 is 75.1. The van der Waals surface area contributed by atoms with Crippen molar-refractivity contribution in [2.24, 2.45) is 4.99 Å². The van der Waals surface area contributed by atoms with Gasteiger partial charge in [-0.3, -0.25) is 9.36 Å². The molecule has 3 aromatic rings. The summed E-state index contributed by atoms with van der Waals surface area (Å²) in [6.07, 6.45) is 0.587. The van der Waals surface area contributed by atoms with Gasteiger partial charge in [0.15, 0.2) is 28.1 Å². The minimum Gasteiger partial charge on any atom is -0.466 e. The van der Waals surface area contributed by atoms with E-state index in [1.165, 1.54) is 14.0 Å². The zero-order chi connectivity index (χ0) is 26.5. The average Bonchev–Trinajstić information content (AvgIpc) is 3.17. The van der Waals surface area contributed by atoms with E-state index in [0.717, 1.165) is 10.3 Å². The number of hydrogen-bond acceptors (Lipinski definition) is 6. The summed E-state index contributed by atoms with van der Waals surface area (Å²) in [7, 11) is 4.84. The summed E-state index contributed by atoms with van der Waals surface area (Å²) in [6.45, 7) is 1.54. The number of nitrogens with zero attached hydrogens (tertiary/aromatic N) is 3. The van der Waals surface area contributed by atoms with Gasteiger partial charge in [-0.05, 0) is 30.7 Å². The van der Waals surface area contributed by atoms with Gasteiger partial charge >= 0.3 is 5.97 Å². The lowest BCUT2D eigenvalue weighted by Crippen LogP contribution is -2.39. The first kappa shape index (κ1) is 25.3. The highest BCUT2D eigenvalue weighted by molar-refractivity contribution is 7.07. The number of methoxy groups -OCH3 is 1. The number of rotatable bonds is 4. The van der Waals surface area contributed by atoms with Crippen LogP contribution in [0.2, 0.25) is 0 Å². The van der Waals surface area contributed by atoms with Gasteiger partial charge in [0.1, 0.15) is 0 Å². The number of hydrogen-bond donors (Lipinski definition) is 0. The number of thiazole rings is 1. The Morgan fingerprint density at radius 1 is 1.03 bits per heavy atom. The summed E-state index contributed by atoms with van der Waals surface area (Å²) >= 11 is 0.683. The standard InChI is InChI=1S/C24H18F5N3O3S/c1-10-15(23(34)35-4)21(11-5-7-12(8-6-11)31(2)3)32-22(33)14(36-24(32)30-10)9-13-16(25)18(27)20(29)19(28)17(13)26/h5-9,21H,1-4H3/b14-9+/t21-/m1/s1. The second kappa shape index (κ2) is 9.34. The zero-order valence-electron chi connectivity index (χ0n) is 19.3. The lowest BCUT2D eigenvalue weighted by Gasteiger charge is -2.25. The molecule has 0 radical (unpaired) electrons. The first-order valence-electron chi connectivity index (χ1n) is 10.4. The largest absolute Gasteiger partial charge is 0.466 e. The third kappa shape index (κ3) is 4.00. The number of aromatic nitrogens is 1. The molecular formula is C24H18F5N3O3S. The molecule has 188 valence electrons. The van der Waals surface area contributed by atoms with Crippen LogP contribution in [0.1, 0.15) is 24.1 Å². The van der Waals surface area contributed by atoms with E-state index in [9.17, 15) is 31.5 Å². The summed E-state index contributed by atoms with van der Waals surface area (Å²) in [5.74, 6) is -11.4. The monoisotopic (exact) mass is 523 g/mol. The molecule has 1 aromatic heterocycles. The van der Waals surface area contributed by atoms with Gasteiger partial charge in [-0.15, -0.1) is 0 Å². The molecule has 0 unspecified atom stereocenters. The highest BCUT2D eigenvalue weighted by atomic mass is 32.1. The predicted molar refractivity (Wildman–Crippen MR) is 123 cm³/mol. The maximum atomic E-state index is 14.3. The molecule has 4 rings (SSSR count). The second-order valence-corrected chi connectivity index (χ2v) is 9.05. The third-order valence-corrected chi connectivity index (χ3v) is 6.65. The Bertz CT molecular complexity index is 1580. The smallest absolute Gasteiger partial charge is 0.338 e. The zero-order valence-corrected chi connectivity index (χ0v) is 20.1. The van der Waals surface area contributed by atoms with Crippen LogP contribution in [0.4, 0.5) is 27.6 Å². The Morgan fingerprint density at radius 3 is 2.11 bits per heavy atom. The molecule has 1 atom stereocenters. The molecular weight excluding hydrogens is 505 g/mol. The Hall–Kier alpha value is -3.80. The van der Waals surface area contributed by atoms with E-state index < -0.39 is 52.2 Å². The molecule has 2 heterocycles. The number of carbonyl (C=O) groups excluding carboxylic acids is 1. The quantitative estimate of drug-likeness (QED) is 0.228. The van der Waals surface area contributed by atoms with E-state index >= 15 is 0 Å². The van der Waals surface area contributed by atoms with E-state index in [1.807, 2.05) is 19.0 Å². The summed E-state index contributed by atoms with van der Waals surface area (Å²) in [4.78, 5) is 32.2. The fourth-order valence-electron chi connectivity index (χ4n) is 3.84. The maximum Gasteiger partial charge on any atom is 0.338 e. The van der Waals surface area contributed by atoms with Crippen molar-refractivity contribution in [3.63, 3.8) is 0 Å². The fourth-order valence-corrected chi connectivity index (χ4v) is 4.87. The van der Waals surface area contributed by atoms with Crippen LogP contribution in [0.25, 0.3) is 6.08 Å². The van der Waals surface area contributed by atoms with E-state index in [1.54, 1.807) is 24.3 Å². The van der Waals surface area contributed by atoms with Crippen molar-refractivity contribution < 1.29 is 31.5 Å². The number of fused-ring (bicyclic) bond motifs is 1. The molecule has 0 N–H and O–H groups in total. The number of esters is 1. The molecule has 1 aliphatic heterocycles. The summed E-state index contributed by atoms with van der Waals surface area (Å²) in [5, 5.41) is 0. The summed E-state index contributed by atoms with van der Waals surface area (Å²) in [5.41, 5.74) is -0.430. The molecule has 0 saturated heterocycles. The highest BCUT2D eigenvalue weighted by Gasteiger charge is 2.33. The molecule has 12 heteroatoms. The minimum atomic E-state index is -2.30. The Morgan fingerprint density at radius 2 is 1.58 bits per heavy atom. The van der Waals surface area contributed by atoms with Crippen molar-refractivity contribution in [3.05, 3.63) is 95.4 Å². The molecule has 0 aliphatic carbocycles. The van der Waals surface area contributed by atoms with E-state index in [-0.39, 0.29) is 20.6 Å². The third-order valence-electron chi connectivity index (χ3n) is 5.67. The van der Waals surface area contributed by atoms with Crippen LogP contribution < -0.4 is 19.8 Å². The van der Waals surface area contributed by atoms with Gasteiger partial charge < -0.3 is 9.64 Å². The lowest BCUT2D eigenvalue weighted by atomic mass is 9.95. The molecule has 0 fully saturated rings. The van der Waals surface area contributed by atoms with Crippen molar-refractivity contribution >= 4 is 29.1 Å². The SMILES string of the molecule is COC(=O)C1=C(C)N=c2s/c(=C/c3c(F)c(F)c(F)c(F)c3F)c(=O)n2[C@@H]1c1ccc(N(C)C)cc1.